The van der Waals surface area contributed by atoms with Crippen LogP contribution in [0, 0.1) is 0 Å². The molecule has 3 atom stereocenters. The maximum absolute atomic E-state index is 13.1. The average Bonchev–Trinajstić information content (AvgIpc) is 3.32. The predicted molar refractivity (Wildman–Crippen MR) is 94.0 cm³/mol. The molecule has 0 radical (unpaired) electrons. The van der Waals surface area contributed by atoms with Crippen molar-refractivity contribution in [3.8, 4) is 0 Å². The lowest BCUT2D eigenvalue weighted by Gasteiger charge is -2.38. The quantitative estimate of drug-likeness (QED) is 0.753. The Balaban J connectivity index is 1.45. The Kier molecular flexibility index (Phi) is 3.28. The number of carbonyl (C=O) groups excluding carboxylic acids is 1. The summed E-state index contributed by atoms with van der Waals surface area (Å²) in [6.07, 6.45) is 10.8. The Morgan fingerprint density at radius 2 is 1.88 bits per heavy atom. The van der Waals surface area contributed by atoms with Crippen LogP contribution in [0.2, 0.25) is 0 Å². The van der Waals surface area contributed by atoms with Gasteiger partial charge in [0.25, 0.3) is 5.91 Å². The second-order valence-corrected chi connectivity index (χ2v) is 7.31. The van der Waals surface area contributed by atoms with Crippen molar-refractivity contribution in [2.24, 2.45) is 7.05 Å². The molecule has 2 bridgehead atoms. The minimum atomic E-state index is -0.335. The Hall–Kier alpha value is -2.90. The fourth-order valence-electron chi connectivity index (χ4n) is 4.68. The first-order valence-electron chi connectivity index (χ1n) is 8.98. The first-order valence-corrected chi connectivity index (χ1v) is 8.98. The summed E-state index contributed by atoms with van der Waals surface area (Å²) < 4.78 is 3.48. The lowest BCUT2D eigenvalue weighted by molar-refractivity contribution is 0.0560. The molecule has 0 aromatic carbocycles. The molecule has 2 fully saturated rings. The molecule has 1 N–H and O–H groups in total. The summed E-state index contributed by atoms with van der Waals surface area (Å²) in [6, 6.07) is 2.05. The Morgan fingerprint density at radius 1 is 1.15 bits per heavy atom. The SMILES string of the molecule is Cn1ccnc1C1C[C@H]2CC[C@@H](C1)N2C(=O)c1cc2nccn2c(=O)[nH]1. The molecular weight excluding hydrogens is 332 g/mol. The summed E-state index contributed by atoms with van der Waals surface area (Å²) in [4.78, 5) is 38.6. The fourth-order valence-corrected chi connectivity index (χ4v) is 4.68. The van der Waals surface area contributed by atoms with E-state index in [1.165, 1.54) is 4.40 Å². The van der Waals surface area contributed by atoms with Crippen LogP contribution in [0.5, 0.6) is 0 Å². The highest BCUT2D eigenvalue weighted by Gasteiger charge is 2.44. The number of nitrogens with zero attached hydrogens (tertiary/aromatic N) is 5. The van der Waals surface area contributed by atoms with E-state index in [2.05, 4.69) is 19.5 Å². The van der Waals surface area contributed by atoms with Gasteiger partial charge in [-0.05, 0) is 25.7 Å². The van der Waals surface area contributed by atoms with Crippen LogP contribution >= 0.6 is 0 Å². The van der Waals surface area contributed by atoms with Gasteiger partial charge in [0.2, 0.25) is 0 Å². The van der Waals surface area contributed by atoms with Crippen molar-refractivity contribution in [1.29, 1.82) is 0 Å². The van der Waals surface area contributed by atoms with Gasteiger partial charge in [-0.25, -0.2) is 14.8 Å². The van der Waals surface area contributed by atoms with E-state index >= 15 is 0 Å². The third-order valence-corrected chi connectivity index (χ3v) is 5.82. The lowest BCUT2D eigenvalue weighted by Crippen LogP contribution is -2.47. The van der Waals surface area contributed by atoms with Crippen LogP contribution in [-0.4, -0.2) is 46.8 Å². The zero-order valence-electron chi connectivity index (χ0n) is 14.5. The van der Waals surface area contributed by atoms with Crippen molar-refractivity contribution in [2.45, 2.75) is 43.7 Å². The normalized spacial score (nSPS) is 25.1. The summed E-state index contributed by atoms with van der Waals surface area (Å²) >= 11 is 0. The van der Waals surface area contributed by atoms with Crippen LogP contribution in [0.3, 0.4) is 0 Å². The van der Waals surface area contributed by atoms with Gasteiger partial charge in [0.05, 0.1) is 0 Å². The van der Waals surface area contributed by atoms with Crippen LogP contribution in [0.25, 0.3) is 5.65 Å². The molecule has 5 rings (SSSR count). The molecule has 134 valence electrons. The van der Waals surface area contributed by atoms with Crippen molar-refractivity contribution in [2.75, 3.05) is 0 Å². The molecule has 26 heavy (non-hydrogen) atoms. The number of aromatic amines is 1. The van der Waals surface area contributed by atoms with E-state index in [0.29, 0.717) is 17.3 Å². The summed E-state index contributed by atoms with van der Waals surface area (Å²) in [7, 11) is 2.02. The highest BCUT2D eigenvalue weighted by atomic mass is 16.2. The monoisotopic (exact) mass is 352 g/mol. The number of aromatic nitrogens is 5. The van der Waals surface area contributed by atoms with Gasteiger partial charge in [-0.15, -0.1) is 0 Å². The van der Waals surface area contributed by atoms with E-state index in [0.717, 1.165) is 31.5 Å². The maximum atomic E-state index is 13.1. The van der Waals surface area contributed by atoms with Crippen molar-refractivity contribution >= 4 is 11.6 Å². The largest absolute Gasteiger partial charge is 0.338 e. The van der Waals surface area contributed by atoms with Gasteiger partial charge in [0.15, 0.2) is 0 Å². The van der Waals surface area contributed by atoms with Crippen LogP contribution in [0.1, 0.15) is 47.9 Å². The molecule has 8 nitrogen and oxygen atoms in total. The number of rotatable bonds is 2. The molecular formula is C18H20N6O2. The Morgan fingerprint density at radius 3 is 2.58 bits per heavy atom. The standard InChI is InChI=1S/C18H20N6O2/c1-22-6-4-20-16(22)11-8-12-2-3-13(9-11)24(12)17(25)14-10-15-19-5-7-23(15)18(26)21-14/h4-7,10-13H,2-3,8-9H2,1H3,(H,21,26)/t11?,12-,13+. The molecule has 0 spiro atoms. The van der Waals surface area contributed by atoms with Crippen LogP contribution in [-0.2, 0) is 7.05 Å². The number of hydrogen-bond donors (Lipinski definition) is 1. The number of aryl methyl sites for hydroxylation is 1. The van der Waals surface area contributed by atoms with E-state index in [1.807, 2.05) is 24.3 Å². The molecule has 3 aromatic rings. The molecule has 1 unspecified atom stereocenters. The van der Waals surface area contributed by atoms with Crippen molar-refractivity contribution in [3.63, 3.8) is 0 Å². The molecule has 3 aromatic heterocycles. The summed E-state index contributed by atoms with van der Waals surface area (Å²) in [5, 5.41) is 0. The number of amides is 1. The van der Waals surface area contributed by atoms with E-state index in [-0.39, 0.29) is 23.7 Å². The van der Waals surface area contributed by atoms with E-state index in [9.17, 15) is 9.59 Å². The number of piperidine rings is 1. The number of fused-ring (bicyclic) bond motifs is 3. The van der Waals surface area contributed by atoms with Crippen molar-refractivity contribution < 1.29 is 4.79 Å². The molecule has 8 heteroatoms. The fraction of sp³-hybridized carbons (Fsp3) is 0.444. The number of H-pyrrole nitrogens is 1. The number of imidazole rings is 2. The van der Waals surface area contributed by atoms with Gasteiger partial charge in [0.1, 0.15) is 17.2 Å². The van der Waals surface area contributed by atoms with E-state index in [4.69, 9.17) is 0 Å². The second-order valence-electron chi connectivity index (χ2n) is 7.31. The van der Waals surface area contributed by atoms with Gasteiger partial charge in [-0.1, -0.05) is 0 Å². The molecule has 2 aliphatic rings. The van der Waals surface area contributed by atoms with Gasteiger partial charge in [-0.2, -0.15) is 0 Å². The van der Waals surface area contributed by atoms with Crippen molar-refractivity contribution in [3.05, 3.63) is 52.9 Å². The van der Waals surface area contributed by atoms with Gasteiger partial charge < -0.3 is 14.5 Å². The van der Waals surface area contributed by atoms with Gasteiger partial charge >= 0.3 is 5.69 Å². The summed E-state index contributed by atoms with van der Waals surface area (Å²) in [5.74, 6) is 1.38. The van der Waals surface area contributed by atoms with Crippen LogP contribution in [0.4, 0.5) is 0 Å². The highest BCUT2D eigenvalue weighted by Crippen LogP contribution is 2.43. The van der Waals surface area contributed by atoms with E-state index in [1.54, 1.807) is 18.5 Å². The van der Waals surface area contributed by atoms with Crippen molar-refractivity contribution in [1.82, 2.24) is 28.8 Å². The Labute approximate surface area is 149 Å². The zero-order chi connectivity index (χ0) is 17.8. The minimum absolute atomic E-state index is 0.0987. The third kappa shape index (κ3) is 2.21. The summed E-state index contributed by atoms with van der Waals surface area (Å²) in [6.45, 7) is 0. The van der Waals surface area contributed by atoms with Crippen LogP contribution < -0.4 is 5.69 Å². The van der Waals surface area contributed by atoms with Gasteiger partial charge in [-0.3, -0.25) is 9.20 Å². The topological polar surface area (TPSA) is 88.3 Å². The molecule has 2 saturated heterocycles. The van der Waals surface area contributed by atoms with Crippen LogP contribution in [0.15, 0.2) is 35.6 Å². The average molecular weight is 352 g/mol. The molecule has 5 heterocycles. The first kappa shape index (κ1) is 15.4. The number of hydrogen-bond acceptors (Lipinski definition) is 4. The lowest BCUT2D eigenvalue weighted by atomic mass is 9.89. The summed E-state index contributed by atoms with van der Waals surface area (Å²) in [5.41, 5.74) is 0.479. The molecule has 0 aliphatic carbocycles. The molecule has 2 aliphatic heterocycles. The number of carbonyl (C=O) groups is 1. The molecule has 0 saturated carbocycles. The third-order valence-electron chi connectivity index (χ3n) is 5.82. The highest BCUT2D eigenvalue weighted by molar-refractivity contribution is 5.93. The predicted octanol–water partition coefficient (Wildman–Crippen LogP) is 1.31. The zero-order valence-corrected chi connectivity index (χ0v) is 14.5. The first-order chi connectivity index (χ1) is 12.6. The maximum Gasteiger partial charge on any atom is 0.331 e. The molecule has 1 amide bonds. The van der Waals surface area contributed by atoms with E-state index < -0.39 is 0 Å². The Bertz CT molecular complexity index is 1030. The smallest absolute Gasteiger partial charge is 0.331 e. The van der Waals surface area contributed by atoms with Gasteiger partial charge in [0, 0.05) is 55.9 Å². The number of nitrogens with one attached hydrogen (secondary N) is 1. The minimum Gasteiger partial charge on any atom is -0.338 e. The second kappa shape index (κ2) is 5.55.